The van der Waals surface area contributed by atoms with E-state index in [1.807, 2.05) is 25.1 Å². The molecule has 0 aromatic heterocycles. The zero-order valence-corrected chi connectivity index (χ0v) is 14.5. The van der Waals surface area contributed by atoms with Crippen molar-refractivity contribution in [2.75, 3.05) is 23.4 Å². The second kappa shape index (κ2) is 7.38. The molecule has 1 N–H and O–H groups in total. The van der Waals surface area contributed by atoms with Crippen LogP contribution in [0.5, 0.6) is 5.75 Å². The van der Waals surface area contributed by atoms with Crippen LogP contribution in [0.4, 0.5) is 11.4 Å². The van der Waals surface area contributed by atoms with Gasteiger partial charge in [0.15, 0.2) is 0 Å². The molecule has 1 aliphatic rings. The number of nitrogens with one attached hydrogen (secondary N) is 1. The molecule has 0 saturated carbocycles. The highest BCUT2D eigenvalue weighted by atomic mass is 16.5. The van der Waals surface area contributed by atoms with Crippen LogP contribution in [0.3, 0.4) is 0 Å². The average Bonchev–Trinajstić information content (AvgIpc) is 2.60. The maximum Gasteiger partial charge on any atom is 0.224 e. The van der Waals surface area contributed by atoms with Crippen LogP contribution in [0.2, 0.25) is 0 Å². The van der Waals surface area contributed by atoms with E-state index in [2.05, 4.69) is 17.4 Å². The van der Waals surface area contributed by atoms with Gasteiger partial charge in [0.05, 0.1) is 12.2 Å². The number of ether oxygens (including phenoxy) is 1. The first-order valence-corrected chi connectivity index (χ1v) is 8.43. The van der Waals surface area contributed by atoms with Crippen molar-refractivity contribution >= 4 is 23.2 Å². The third-order valence-electron chi connectivity index (χ3n) is 4.25. The zero-order chi connectivity index (χ0) is 17.8. The molecule has 5 heteroatoms. The lowest BCUT2D eigenvalue weighted by atomic mass is 10.1. The molecule has 0 radical (unpaired) electrons. The van der Waals surface area contributed by atoms with E-state index in [9.17, 15) is 9.59 Å². The van der Waals surface area contributed by atoms with Crippen LogP contribution in [0, 0.1) is 6.92 Å². The zero-order valence-electron chi connectivity index (χ0n) is 14.5. The Bertz CT molecular complexity index is 784. The van der Waals surface area contributed by atoms with E-state index in [1.54, 1.807) is 17.0 Å². The normalized spacial score (nSPS) is 13.0. The lowest BCUT2D eigenvalue weighted by Gasteiger charge is -2.29. The number of carbonyl (C=O) groups is 2. The quantitative estimate of drug-likeness (QED) is 0.930. The third-order valence-corrected chi connectivity index (χ3v) is 4.25. The molecule has 25 heavy (non-hydrogen) atoms. The summed E-state index contributed by atoms with van der Waals surface area (Å²) in [5.74, 6) is 0.567. The first-order valence-electron chi connectivity index (χ1n) is 8.43. The number of fused-ring (bicyclic) bond motifs is 1. The van der Waals surface area contributed by atoms with Gasteiger partial charge < -0.3 is 15.0 Å². The fourth-order valence-corrected chi connectivity index (χ4v) is 2.86. The minimum absolute atomic E-state index is 0.0144. The Labute approximate surface area is 147 Å². The van der Waals surface area contributed by atoms with E-state index in [1.165, 1.54) is 12.5 Å². The van der Waals surface area contributed by atoms with Crippen molar-refractivity contribution in [3.8, 4) is 5.75 Å². The summed E-state index contributed by atoms with van der Waals surface area (Å²) in [6, 6.07) is 13.6. The van der Waals surface area contributed by atoms with Crippen molar-refractivity contribution in [1.29, 1.82) is 0 Å². The van der Waals surface area contributed by atoms with Gasteiger partial charge in [0.2, 0.25) is 11.8 Å². The molecule has 2 aromatic carbocycles. The molecule has 0 aliphatic carbocycles. The fraction of sp³-hybridized carbons (Fsp3) is 0.300. The minimum Gasteiger partial charge on any atom is -0.489 e. The Balaban J connectivity index is 1.62. The van der Waals surface area contributed by atoms with E-state index >= 15 is 0 Å². The van der Waals surface area contributed by atoms with Gasteiger partial charge in [0.25, 0.3) is 0 Å². The summed E-state index contributed by atoms with van der Waals surface area (Å²) in [4.78, 5) is 25.5. The van der Waals surface area contributed by atoms with Crippen LogP contribution >= 0.6 is 0 Å². The molecule has 0 saturated heterocycles. The molecule has 130 valence electrons. The van der Waals surface area contributed by atoms with Crippen LogP contribution in [-0.2, 0) is 16.0 Å². The van der Waals surface area contributed by atoms with Crippen molar-refractivity contribution < 1.29 is 14.3 Å². The van der Waals surface area contributed by atoms with E-state index in [0.29, 0.717) is 37.4 Å². The summed E-state index contributed by atoms with van der Waals surface area (Å²) in [7, 11) is 0. The van der Waals surface area contributed by atoms with Crippen molar-refractivity contribution in [1.82, 2.24) is 0 Å². The molecule has 2 aromatic rings. The second-order valence-corrected chi connectivity index (χ2v) is 6.24. The van der Waals surface area contributed by atoms with Gasteiger partial charge in [-0.15, -0.1) is 0 Å². The summed E-state index contributed by atoms with van der Waals surface area (Å²) < 4.78 is 5.62. The molecule has 0 unspecified atom stereocenters. The number of rotatable bonds is 4. The maximum atomic E-state index is 12.2. The topological polar surface area (TPSA) is 58.6 Å². The highest BCUT2D eigenvalue weighted by molar-refractivity contribution is 5.95. The number of benzene rings is 2. The van der Waals surface area contributed by atoms with Gasteiger partial charge in [0, 0.05) is 25.1 Å². The SMILES string of the molecule is CC(=O)N1CCOc2cc(NC(=O)CCc3ccc(C)cc3)ccc21. The Morgan fingerprint density at radius 1 is 1.16 bits per heavy atom. The molecule has 5 nitrogen and oxygen atoms in total. The molecule has 0 bridgehead atoms. The van der Waals surface area contributed by atoms with Gasteiger partial charge in [-0.3, -0.25) is 9.59 Å². The van der Waals surface area contributed by atoms with Crippen LogP contribution in [0.1, 0.15) is 24.5 Å². The first kappa shape index (κ1) is 17.0. The number of anilines is 2. The highest BCUT2D eigenvalue weighted by Crippen LogP contribution is 2.34. The van der Waals surface area contributed by atoms with Gasteiger partial charge >= 0.3 is 0 Å². The standard InChI is InChI=1S/C20H22N2O3/c1-14-3-5-16(6-4-14)7-10-20(24)21-17-8-9-18-19(13-17)25-12-11-22(18)15(2)23/h3-6,8-9,13H,7,10-12H2,1-2H3,(H,21,24). The van der Waals surface area contributed by atoms with Crippen LogP contribution < -0.4 is 15.0 Å². The third kappa shape index (κ3) is 4.18. The molecular formula is C20H22N2O3. The largest absolute Gasteiger partial charge is 0.489 e. The van der Waals surface area contributed by atoms with Gasteiger partial charge in [-0.05, 0) is 31.0 Å². The summed E-state index contributed by atoms with van der Waals surface area (Å²) in [6.45, 7) is 4.58. The monoisotopic (exact) mass is 338 g/mol. The molecule has 0 spiro atoms. The second-order valence-electron chi connectivity index (χ2n) is 6.24. The number of amides is 2. The van der Waals surface area contributed by atoms with Gasteiger partial charge in [-0.25, -0.2) is 0 Å². The summed E-state index contributed by atoms with van der Waals surface area (Å²) in [6.07, 6.45) is 1.12. The number of nitrogens with zero attached hydrogens (tertiary/aromatic N) is 1. The van der Waals surface area contributed by atoms with Crippen LogP contribution in [0.15, 0.2) is 42.5 Å². The molecule has 0 atom stereocenters. The molecule has 3 rings (SSSR count). The van der Waals surface area contributed by atoms with Crippen molar-refractivity contribution in [3.63, 3.8) is 0 Å². The minimum atomic E-state index is -0.0419. The summed E-state index contributed by atoms with van der Waals surface area (Å²) in [5, 5.41) is 2.90. The number of aryl methyl sites for hydroxylation is 2. The molecular weight excluding hydrogens is 316 g/mol. The Morgan fingerprint density at radius 3 is 2.64 bits per heavy atom. The lowest BCUT2D eigenvalue weighted by molar-refractivity contribution is -0.117. The molecule has 2 amide bonds. The van der Waals surface area contributed by atoms with Gasteiger partial charge in [-0.2, -0.15) is 0 Å². The van der Waals surface area contributed by atoms with E-state index < -0.39 is 0 Å². The van der Waals surface area contributed by atoms with Crippen molar-refractivity contribution in [3.05, 3.63) is 53.6 Å². The maximum absolute atomic E-state index is 12.2. The molecule has 0 fully saturated rings. The molecule has 1 heterocycles. The highest BCUT2D eigenvalue weighted by Gasteiger charge is 2.21. The molecule has 1 aliphatic heterocycles. The summed E-state index contributed by atoms with van der Waals surface area (Å²) in [5.41, 5.74) is 3.78. The smallest absolute Gasteiger partial charge is 0.224 e. The van der Waals surface area contributed by atoms with Gasteiger partial charge in [-0.1, -0.05) is 29.8 Å². The van der Waals surface area contributed by atoms with E-state index in [0.717, 1.165) is 11.3 Å². The van der Waals surface area contributed by atoms with E-state index in [-0.39, 0.29) is 11.8 Å². The Kier molecular flexibility index (Phi) is 5.03. The van der Waals surface area contributed by atoms with Crippen LogP contribution in [-0.4, -0.2) is 25.0 Å². The number of carbonyl (C=O) groups excluding carboxylic acids is 2. The predicted octanol–water partition coefficient (Wildman–Crippen LogP) is 3.31. The van der Waals surface area contributed by atoms with Gasteiger partial charge in [0.1, 0.15) is 12.4 Å². The Morgan fingerprint density at radius 2 is 1.92 bits per heavy atom. The summed E-state index contributed by atoms with van der Waals surface area (Å²) >= 11 is 0. The van der Waals surface area contributed by atoms with Crippen LogP contribution in [0.25, 0.3) is 0 Å². The fourth-order valence-electron chi connectivity index (χ4n) is 2.86. The average molecular weight is 338 g/mol. The lowest BCUT2D eigenvalue weighted by Crippen LogP contribution is -2.36. The number of hydrogen-bond donors (Lipinski definition) is 1. The number of hydrogen-bond acceptors (Lipinski definition) is 3. The first-order chi connectivity index (χ1) is 12.0. The predicted molar refractivity (Wildman–Crippen MR) is 98.1 cm³/mol. The van der Waals surface area contributed by atoms with E-state index in [4.69, 9.17) is 4.74 Å². The Hall–Kier alpha value is -2.82. The van der Waals surface area contributed by atoms with Crippen molar-refractivity contribution in [2.45, 2.75) is 26.7 Å². The van der Waals surface area contributed by atoms with Crippen molar-refractivity contribution in [2.24, 2.45) is 0 Å².